The summed E-state index contributed by atoms with van der Waals surface area (Å²) in [5.41, 5.74) is 0.897. The Morgan fingerprint density at radius 2 is 1.90 bits per heavy atom. The fraction of sp³-hybridized carbons (Fsp3) is 0.625. The molecule has 0 bridgehead atoms. The van der Waals surface area contributed by atoms with E-state index in [9.17, 15) is 4.39 Å². The predicted octanol–water partition coefficient (Wildman–Crippen LogP) is 3.26. The second-order valence-electron chi connectivity index (χ2n) is 5.32. The fourth-order valence-electron chi connectivity index (χ4n) is 1.89. The lowest BCUT2D eigenvalue weighted by atomic mass is 10.2. The van der Waals surface area contributed by atoms with Crippen LogP contribution in [0.3, 0.4) is 0 Å². The molecule has 0 aliphatic heterocycles. The van der Waals surface area contributed by atoms with E-state index in [1.165, 1.54) is 12.1 Å². The van der Waals surface area contributed by atoms with Gasteiger partial charge in [0.1, 0.15) is 11.6 Å². The Kier molecular flexibility index (Phi) is 8.23. The highest BCUT2D eigenvalue weighted by Gasteiger charge is 2.03. The number of hydrogen-bond donors (Lipinski definition) is 2. The van der Waals surface area contributed by atoms with E-state index < -0.39 is 0 Å². The van der Waals surface area contributed by atoms with Crippen LogP contribution >= 0.6 is 0 Å². The van der Waals surface area contributed by atoms with Crippen molar-refractivity contribution in [3.63, 3.8) is 0 Å². The lowest BCUT2D eigenvalue weighted by Gasteiger charge is -2.11. The minimum Gasteiger partial charge on any atom is -0.493 e. The number of ether oxygens (including phenoxy) is 1. The number of halogens is 1. The zero-order valence-corrected chi connectivity index (χ0v) is 12.5. The Labute approximate surface area is 121 Å². The smallest absolute Gasteiger partial charge is 0.127 e. The fourth-order valence-corrected chi connectivity index (χ4v) is 1.89. The first-order valence-corrected chi connectivity index (χ1v) is 7.38. The SMILES string of the molecule is CC(C)NCc1cc(F)cc(OCCCCCCO)c1. The van der Waals surface area contributed by atoms with Crippen LogP contribution in [0.1, 0.15) is 45.1 Å². The molecule has 114 valence electrons. The Morgan fingerprint density at radius 3 is 2.60 bits per heavy atom. The van der Waals surface area contributed by atoms with Gasteiger partial charge in [-0.1, -0.05) is 20.3 Å². The van der Waals surface area contributed by atoms with Crippen molar-refractivity contribution in [1.29, 1.82) is 0 Å². The van der Waals surface area contributed by atoms with E-state index in [0.717, 1.165) is 31.2 Å². The van der Waals surface area contributed by atoms with Gasteiger partial charge in [0.25, 0.3) is 0 Å². The highest BCUT2D eigenvalue weighted by atomic mass is 19.1. The Morgan fingerprint density at radius 1 is 1.15 bits per heavy atom. The summed E-state index contributed by atoms with van der Waals surface area (Å²) in [6.07, 6.45) is 3.80. The van der Waals surface area contributed by atoms with Gasteiger partial charge in [0.05, 0.1) is 6.61 Å². The number of rotatable bonds is 10. The minimum atomic E-state index is -0.261. The number of benzene rings is 1. The van der Waals surface area contributed by atoms with Gasteiger partial charge in [-0.15, -0.1) is 0 Å². The molecule has 1 rings (SSSR count). The third kappa shape index (κ3) is 7.46. The molecular weight excluding hydrogens is 257 g/mol. The molecule has 0 amide bonds. The quantitative estimate of drug-likeness (QED) is 0.648. The third-order valence-corrected chi connectivity index (χ3v) is 2.97. The molecule has 2 N–H and O–H groups in total. The Bertz CT molecular complexity index is 383. The molecule has 4 heteroatoms. The summed E-state index contributed by atoms with van der Waals surface area (Å²) in [5.74, 6) is 0.330. The van der Waals surface area contributed by atoms with E-state index >= 15 is 0 Å². The average Bonchev–Trinajstić information content (AvgIpc) is 2.40. The molecule has 1 aromatic rings. The molecule has 0 saturated carbocycles. The molecule has 0 atom stereocenters. The van der Waals surface area contributed by atoms with Gasteiger partial charge in [-0.2, -0.15) is 0 Å². The van der Waals surface area contributed by atoms with Crippen LogP contribution in [0.2, 0.25) is 0 Å². The number of aliphatic hydroxyl groups excluding tert-OH is 1. The molecule has 20 heavy (non-hydrogen) atoms. The number of hydrogen-bond acceptors (Lipinski definition) is 3. The molecule has 0 spiro atoms. The minimum absolute atomic E-state index is 0.247. The van der Waals surface area contributed by atoms with E-state index in [4.69, 9.17) is 9.84 Å². The van der Waals surface area contributed by atoms with Crippen molar-refractivity contribution < 1.29 is 14.2 Å². The summed E-state index contributed by atoms with van der Waals surface area (Å²) in [6.45, 7) is 5.59. The van der Waals surface area contributed by atoms with Crippen LogP contribution in [0.25, 0.3) is 0 Å². The summed E-state index contributed by atoms with van der Waals surface area (Å²) in [4.78, 5) is 0. The molecule has 1 aromatic carbocycles. The number of aliphatic hydroxyl groups is 1. The molecule has 3 nitrogen and oxygen atoms in total. The first-order chi connectivity index (χ1) is 9.61. The molecule has 0 unspecified atom stereocenters. The van der Waals surface area contributed by atoms with Crippen LogP contribution in [0, 0.1) is 5.82 Å². The van der Waals surface area contributed by atoms with Crippen LogP contribution in [-0.4, -0.2) is 24.4 Å². The molecule has 0 radical (unpaired) electrons. The van der Waals surface area contributed by atoms with Crippen molar-refractivity contribution in [1.82, 2.24) is 5.32 Å². The monoisotopic (exact) mass is 283 g/mol. The van der Waals surface area contributed by atoms with Gasteiger partial charge >= 0.3 is 0 Å². The first-order valence-electron chi connectivity index (χ1n) is 7.38. The van der Waals surface area contributed by atoms with E-state index in [1.807, 2.05) is 6.07 Å². The van der Waals surface area contributed by atoms with Crippen LogP contribution in [-0.2, 0) is 6.54 Å². The van der Waals surface area contributed by atoms with Crippen molar-refractivity contribution in [3.8, 4) is 5.75 Å². The van der Waals surface area contributed by atoms with Crippen LogP contribution in [0.4, 0.5) is 4.39 Å². The largest absolute Gasteiger partial charge is 0.493 e. The van der Waals surface area contributed by atoms with Gasteiger partial charge in [0.15, 0.2) is 0 Å². The molecule has 0 aromatic heterocycles. The van der Waals surface area contributed by atoms with Gasteiger partial charge in [-0.25, -0.2) is 4.39 Å². The van der Waals surface area contributed by atoms with E-state index in [-0.39, 0.29) is 12.4 Å². The number of nitrogens with one attached hydrogen (secondary N) is 1. The molecule has 0 saturated heterocycles. The first kappa shape index (κ1) is 16.9. The lowest BCUT2D eigenvalue weighted by Crippen LogP contribution is -2.21. The highest BCUT2D eigenvalue weighted by molar-refractivity contribution is 5.29. The van der Waals surface area contributed by atoms with Gasteiger partial charge in [-0.05, 0) is 37.0 Å². The normalized spacial score (nSPS) is 11.1. The van der Waals surface area contributed by atoms with Gasteiger partial charge in [-0.3, -0.25) is 0 Å². The average molecular weight is 283 g/mol. The molecule has 0 aliphatic carbocycles. The Balaban J connectivity index is 2.37. The van der Waals surface area contributed by atoms with Crippen molar-refractivity contribution in [2.75, 3.05) is 13.2 Å². The second-order valence-corrected chi connectivity index (χ2v) is 5.32. The van der Waals surface area contributed by atoms with E-state index in [1.54, 1.807) is 0 Å². The summed E-state index contributed by atoms with van der Waals surface area (Å²) in [5, 5.41) is 11.9. The number of unbranched alkanes of at least 4 members (excludes halogenated alkanes) is 3. The molecule has 0 fully saturated rings. The summed E-state index contributed by atoms with van der Waals surface area (Å²) < 4.78 is 19.1. The standard InChI is InChI=1S/C16H26FNO2/c1-13(2)18-12-14-9-15(17)11-16(10-14)20-8-6-4-3-5-7-19/h9-11,13,18-19H,3-8,12H2,1-2H3. The topological polar surface area (TPSA) is 41.5 Å². The van der Waals surface area contributed by atoms with Crippen molar-refractivity contribution >= 4 is 0 Å². The molecular formula is C16H26FNO2. The predicted molar refractivity (Wildman–Crippen MR) is 79.4 cm³/mol. The van der Waals surface area contributed by atoms with E-state index in [2.05, 4.69) is 19.2 Å². The maximum Gasteiger partial charge on any atom is 0.127 e. The highest BCUT2D eigenvalue weighted by Crippen LogP contribution is 2.17. The van der Waals surface area contributed by atoms with Gasteiger partial charge in [0, 0.05) is 25.3 Å². The summed E-state index contributed by atoms with van der Waals surface area (Å²) in [6, 6.07) is 5.21. The second kappa shape index (κ2) is 9.72. The Hall–Kier alpha value is -1.13. The molecule has 0 aliphatic rings. The van der Waals surface area contributed by atoms with Gasteiger partial charge < -0.3 is 15.2 Å². The van der Waals surface area contributed by atoms with Crippen molar-refractivity contribution in [2.24, 2.45) is 0 Å². The summed E-state index contributed by atoms with van der Waals surface area (Å²) >= 11 is 0. The van der Waals surface area contributed by atoms with Crippen LogP contribution in [0.15, 0.2) is 18.2 Å². The maximum absolute atomic E-state index is 13.5. The third-order valence-electron chi connectivity index (χ3n) is 2.97. The zero-order chi connectivity index (χ0) is 14.8. The van der Waals surface area contributed by atoms with Crippen LogP contribution in [0.5, 0.6) is 5.75 Å². The molecule has 0 heterocycles. The van der Waals surface area contributed by atoms with Crippen molar-refractivity contribution in [2.45, 2.75) is 52.1 Å². The van der Waals surface area contributed by atoms with E-state index in [0.29, 0.717) is 24.9 Å². The van der Waals surface area contributed by atoms with Crippen LogP contribution < -0.4 is 10.1 Å². The summed E-state index contributed by atoms with van der Waals surface area (Å²) in [7, 11) is 0. The maximum atomic E-state index is 13.5. The lowest BCUT2D eigenvalue weighted by molar-refractivity contribution is 0.273. The zero-order valence-electron chi connectivity index (χ0n) is 12.5. The van der Waals surface area contributed by atoms with Crippen molar-refractivity contribution in [3.05, 3.63) is 29.6 Å². The van der Waals surface area contributed by atoms with Gasteiger partial charge in [0.2, 0.25) is 0 Å².